The molecule has 180 valence electrons. The van der Waals surface area contributed by atoms with Crippen molar-refractivity contribution in [1.29, 1.82) is 0 Å². The SMILES string of the molecule is COC(=O)c1c(-c2ccc(OC)c(OC)c2)c(-c2ccc(OC)c(OC)c2)c(C(=O)OC)n1C. The van der Waals surface area contributed by atoms with Gasteiger partial charge in [-0.05, 0) is 35.4 Å². The monoisotopic (exact) mass is 469 g/mol. The molecule has 0 spiro atoms. The van der Waals surface area contributed by atoms with Crippen LogP contribution < -0.4 is 18.9 Å². The van der Waals surface area contributed by atoms with Crippen LogP contribution in [0, 0.1) is 0 Å². The topological polar surface area (TPSA) is 94.5 Å². The molecule has 0 unspecified atom stereocenters. The van der Waals surface area contributed by atoms with Crippen LogP contribution in [0.5, 0.6) is 23.0 Å². The average Bonchev–Trinajstić information content (AvgIpc) is 3.19. The molecule has 3 rings (SSSR count). The van der Waals surface area contributed by atoms with Crippen LogP contribution in [0.1, 0.15) is 21.0 Å². The first kappa shape index (κ1) is 24.5. The molecule has 0 amide bonds. The number of nitrogens with zero attached hydrogens (tertiary/aromatic N) is 1. The summed E-state index contributed by atoms with van der Waals surface area (Å²) in [5.74, 6) is 0.703. The van der Waals surface area contributed by atoms with Crippen molar-refractivity contribution in [2.45, 2.75) is 0 Å². The third-order valence-electron chi connectivity index (χ3n) is 5.50. The number of carbonyl (C=O) groups excluding carboxylic acids is 2. The predicted octanol–water partition coefficient (Wildman–Crippen LogP) is 3.97. The molecule has 0 saturated heterocycles. The Morgan fingerprint density at radius 1 is 0.588 bits per heavy atom. The fourth-order valence-electron chi connectivity index (χ4n) is 3.90. The van der Waals surface area contributed by atoms with E-state index in [0.717, 1.165) is 0 Å². The van der Waals surface area contributed by atoms with E-state index in [0.29, 0.717) is 45.3 Å². The standard InChI is InChI=1S/C25H27NO8/c1-26-22(24(27)33-6)20(14-8-10-16(29-2)18(12-14)31-4)21(23(26)25(28)34-7)15-9-11-17(30-3)19(13-15)32-5/h8-13H,1-7H3. The highest BCUT2D eigenvalue weighted by atomic mass is 16.5. The highest BCUT2D eigenvalue weighted by molar-refractivity contribution is 6.09. The fraction of sp³-hybridized carbons (Fsp3) is 0.280. The number of carbonyl (C=O) groups is 2. The highest BCUT2D eigenvalue weighted by Crippen LogP contribution is 2.44. The zero-order valence-corrected chi connectivity index (χ0v) is 20.2. The van der Waals surface area contributed by atoms with Gasteiger partial charge in [-0.15, -0.1) is 0 Å². The van der Waals surface area contributed by atoms with E-state index in [1.54, 1.807) is 43.4 Å². The van der Waals surface area contributed by atoms with Gasteiger partial charge in [0.1, 0.15) is 11.4 Å². The summed E-state index contributed by atoms with van der Waals surface area (Å²) in [4.78, 5) is 25.9. The summed E-state index contributed by atoms with van der Waals surface area (Å²) in [6.45, 7) is 0. The number of ether oxygens (including phenoxy) is 6. The molecular weight excluding hydrogens is 442 g/mol. The molecule has 0 saturated carbocycles. The van der Waals surface area contributed by atoms with E-state index in [2.05, 4.69) is 0 Å². The lowest BCUT2D eigenvalue weighted by molar-refractivity contribution is 0.0581. The molecule has 34 heavy (non-hydrogen) atoms. The van der Waals surface area contributed by atoms with Gasteiger partial charge in [0, 0.05) is 18.2 Å². The Hall–Kier alpha value is -4.14. The lowest BCUT2D eigenvalue weighted by atomic mass is 9.94. The molecule has 0 fully saturated rings. The lowest BCUT2D eigenvalue weighted by Crippen LogP contribution is -2.14. The van der Waals surface area contributed by atoms with Crippen LogP contribution in [-0.2, 0) is 16.5 Å². The molecule has 0 bridgehead atoms. The molecule has 1 aromatic heterocycles. The summed E-state index contributed by atoms with van der Waals surface area (Å²) >= 11 is 0. The normalized spacial score (nSPS) is 10.4. The fourth-order valence-corrected chi connectivity index (χ4v) is 3.90. The van der Waals surface area contributed by atoms with E-state index in [1.807, 2.05) is 0 Å². The van der Waals surface area contributed by atoms with Gasteiger partial charge in [0.25, 0.3) is 0 Å². The Balaban J connectivity index is 2.49. The number of esters is 2. The maximum Gasteiger partial charge on any atom is 0.355 e. The second-order valence-electron chi connectivity index (χ2n) is 7.13. The van der Waals surface area contributed by atoms with Gasteiger partial charge >= 0.3 is 11.9 Å². The summed E-state index contributed by atoms with van der Waals surface area (Å²) in [5, 5.41) is 0. The van der Waals surface area contributed by atoms with Crippen molar-refractivity contribution < 1.29 is 38.0 Å². The van der Waals surface area contributed by atoms with Crippen LogP contribution in [0.25, 0.3) is 22.3 Å². The number of hydrogen-bond acceptors (Lipinski definition) is 8. The summed E-state index contributed by atoms with van der Waals surface area (Å²) in [5.41, 5.74) is 2.47. The number of benzene rings is 2. The van der Waals surface area contributed by atoms with Gasteiger partial charge in [0.2, 0.25) is 0 Å². The van der Waals surface area contributed by atoms with Gasteiger partial charge in [-0.3, -0.25) is 0 Å². The van der Waals surface area contributed by atoms with Crippen LogP contribution in [0.3, 0.4) is 0 Å². The molecule has 9 heteroatoms. The molecular formula is C25H27NO8. The molecule has 0 aliphatic rings. The first-order valence-corrected chi connectivity index (χ1v) is 10.2. The largest absolute Gasteiger partial charge is 0.493 e. The molecule has 0 atom stereocenters. The molecule has 0 aliphatic carbocycles. The quantitative estimate of drug-likeness (QED) is 0.458. The van der Waals surface area contributed by atoms with Crippen molar-refractivity contribution >= 4 is 11.9 Å². The molecule has 1 heterocycles. The van der Waals surface area contributed by atoms with Gasteiger partial charge in [-0.25, -0.2) is 9.59 Å². The molecule has 0 radical (unpaired) electrons. The van der Waals surface area contributed by atoms with Crippen LogP contribution in [0.2, 0.25) is 0 Å². The highest BCUT2D eigenvalue weighted by Gasteiger charge is 2.32. The maximum absolute atomic E-state index is 12.9. The summed E-state index contributed by atoms with van der Waals surface area (Å²) in [6, 6.07) is 10.4. The van der Waals surface area contributed by atoms with Crippen molar-refractivity contribution in [3.63, 3.8) is 0 Å². The van der Waals surface area contributed by atoms with Crippen LogP contribution in [0.4, 0.5) is 0 Å². The van der Waals surface area contributed by atoms with Crippen LogP contribution in [-0.4, -0.2) is 59.2 Å². The van der Waals surface area contributed by atoms with E-state index in [4.69, 9.17) is 28.4 Å². The van der Waals surface area contributed by atoms with E-state index < -0.39 is 11.9 Å². The summed E-state index contributed by atoms with van der Waals surface area (Å²) in [7, 11) is 10.3. The predicted molar refractivity (Wildman–Crippen MR) is 125 cm³/mol. The number of methoxy groups -OCH3 is 6. The van der Waals surface area contributed by atoms with E-state index in [-0.39, 0.29) is 11.4 Å². The molecule has 3 aromatic rings. The minimum atomic E-state index is -0.621. The summed E-state index contributed by atoms with van der Waals surface area (Å²) in [6.07, 6.45) is 0. The Morgan fingerprint density at radius 2 is 0.941 bits per heavy atom. The van der Waals surface area contributed by atoms with Gasteiger partial charge in [0.15, 0.2) is 23.0 Å². The minimum absolute atomic E-state index is 0.167. The Bertz CT molecular complexity index is 1140. The smallest absolute Gasteiger partial charge is 0.355 e. The Kier molecular flexibility index (Phi) is 7.35. The zero-order valence-electron chi connectivity index (χ0n) is 20.2. The first-order valence-electron chi connectivity index (χ1n) is 10.2. The number of rotatable bonds is 8. The van der Waals surface area contributed by atoms with Gasteiger partial charge in [-0.2, -0.15) is 0 Å². The van der Waals surface area contributed by atoms with Crippen molar-refractivity contribution in [2.75, 3.05) is 42.7 Å². The molecule has 9 nitrogen and oxygen atoms in total. The average molecular weight is 469 g/mol. The molecule has 0 N–H and O–H groups in total. The molecule has 0 aliphatic heterocycles. The van der Waals surface area contributed by atoms with Crippen molar-refractivity contribution in [3.8, 4) is 45.3 Å². The van der Waals surface area contributed by atoms with Crippen molar-refractivity contribution in [3.05, 3.63) is 47.8 Å². The third kappa shape index (κ3) is 4.12. The van der Waals surface area contributed by atoms with Crippen molar-refractivity contribution in [1.82, 2.24) is 4.57 Å². The van der Waals surface area contributed by atoms with Gasteiger partial charge in [-0.1, -0.05) is 12.1 Å². The number of aromatic nitrogens is 1. The number of hydrogen-bond donors (Lipinski definition) is 0. The minimum Gasteiger partial charge on any atom is -0.493 e. The van der Waals surface area contributed by atoms with Gasteiger partial charge in [0.05, 0.1) is 42.7 Å². The van der Waals surface area contributed by atoms with E-state index in [1.165, 1.54) is 47.2 Å². The zero-order chi connectivity index (χ0) is 25.0. The maximum atomic E-state index is 12.9. The Labute approximate surface area is 197 Å². The molecule has 2 aromatic carbocycles. The van der Waals surface area contributed by atoms with Crippen LogP contribution in [0.15, 0.2) is 36.4 Å². The van der Waals surface area contributed by atoms with E-state index >= 15 is 0 Å². The van der Waals surface area contributed by atoms with Crippen molar-refractivity contribution in [2.24, 2.45) is 7.05 Å². The summed E-state index contributed by atoms with van der Waals surface area (Å²) < 4.78 is 33.2. The first-order chi connectivity index (χ1) is 16.4. The Morgan fingerprint density at radius 3 is 1.24 bits per heavy atom. The van der Waals surface area contributed by atoms with E-state index in [9.17, 15) is 9.59 Å². The second-order valence-corrected chi connectivity index (χ2v) is 7.13. The van der Waals surface area contributed by atoms with Gasteiger partial charge < -0.3 is 33.0 Å². The van der Waals surface area contributed by atoms with Crippen LogP contribution >= 0.6 is 0 Å². The third-order valence-corrected chi connectivity index (χ3v) is 5.50. The second kappa shape index (κ2) is 10.2. The lowest BCUT2D eigenvalue weighted by Gasteiger charge is -2.14.